The first-order valence-corrected chi connectivity index (χ1v) is 4.38. The maximum atomic E-state index is 3.07. The monoisotopic (exact) mass is 168 g/mol. The minimum Gasteiger partial charge on any atom is -0.101 e. The van der Waals surface area contributed by atoms with Gasteiger partial charge in [-0.2, -0.15) is 0 Å². The summed E-state index contributed by atoms with van der Waals surface area (Å²) in [6.07, 6.45) is 0.899. The Kier molecular flexibility index (Phi) is 3.68. The summed E-state index contributed by atoms with van der Waals surface area (Å²) < 4.78 is 0. The number of hydrogen-bond donors (Lipinski definition) is 0. The molecule has 0 aromatic heterocycles. The Balaban J connectivity index is 2.85. The summed E-state index contributed by atoms with van der Waals surface area (Å²) >= 11 is 0. The highest BCUT2D eigenvalue weighted by molar-refractivity contribution is 5.41. The summed E-state index contributed by atoms with van der Waals surface area (Å²) in [6.45, 7) is 3.88. The molecule has 0 heteroatoms. The second kappa shape index (κ2) is 5.07. The van der Waals surface area contributed by atoms with Gasteiger partial charge in [0.1, 0.15) is 0 Å². The van der Waals surface area contributed by atoms with Crippen LogP contribution in [0.5, 0.6) is 0 Å². The number of rotatable bonds is 0. The molecule has 0 amide bonds. The van der Waals surface area contributed by atoms with Crippen LogP contribution in [0.1, 0.15) is 31.4 Å². The molecule has 1 aromatic carbocycles. The van der Waals surface area contributed by atoms with Gasteiger partial charge in [0, 0.05) is 17.5 Å². The molecule has 0 fully saturated rings. The van der Waals surface area contributed by atoms with Gasteiger partial charge in [0.15, 0.2) is 0 Å². The Labute approximate surface area is 80.0 Å². The molecular formula is C13H12. The van der Waals surface area contributed by atoms with E-state index in [1.54, 1.807) is 0 Å². The predicted octanol–water partition coefficient (Wildman–Crippen LogP) is 2.82. The van der Waals surface area contributed by atoms with Gasteiger partial charge in [0.2, 0.25) is 0 Å². The lowest BCUT2D eigenvalue weighted by atomic mass is 10.1. The van der Waals surface area contributed by atoms with Gasteiger partial charge < -0.3 is 0 Å². The molecule has 0 heterocycles. The molecule has 0 atom stereocenters. The fraction of sp³-hybridized carbons (Fsp3) is 0.231. The Morgan fingerprint density at radius 2 is 1.54 bits per heavy atom. The van der Waals surface area contributed by atoms with E-state index in [0.29, 0.717) is 0 Å². The SMILES string of the molecule is CC#Cc1ccc(C#CCC)cc1. The van der Waals surface area contributed by atoms with E-state index in [1.807, 2.05) is 38.1 Å². The summed E-state index contributed by atoms with van der Waals surface area (Å²) in [4.78, 5) is 0. The lowest BCUT2D eigenvalue weighted by Gasteiger charge is -1.90. The third-order valence-corrected chi connectivity index (χ3v) is 1.56. The highest BCUT2D eigenvalue weighted by Gasteiger charge is 1.86. The molecule has 0 spiro atoms. The van der Waals surface area contributed by atoms with Crippen LogP contribution in [0, 0.1) is 23.7 Å². The van der Waals surface area contributed by atoms with Gasteiger partial charge in [-0.1, -0.05) is 24.7 Å². The highest BCUT2D eigenvalue weighted by Crippen LogP contribution is 2.01. The number of hydrogen-bond acceptors (Lipinski definition) is 0. The first-order chi connectivity index (χ1) is 6.36. The fourth-order valence-corrected chi connectivity index (χ4v) is 0.972. The van der Waals surface area contributed by atoms with Crippen LogP contribution in [0.25, 0.3) is 0 Å². The Bertz CT molecular complexity index is 374. The molecule has 1 rings (SSSR count). The van der Waals surface area contributed by atoms with E-state index in [2.05, 4.69) is 23.7 Å². The smallest absolute Gasteiger partial charge is 0.0246 e. The molecule has 0 aliphatic rings. The van der Waals surface area contributed by atoms with Crippen LogP contribution in [0.15, 0.2) is 24.3 Å². The predicted molar refractivity (Wildman–Crippen MR) is 56.2 cm³/mol. The van der Waals surface area contributed by atoms with Crippen LogP contribution in [-0.2, 0) is 0 Å². The van der Waals surface area contributed by atoms with Crippen molar-refractivity contribution in [2.75, 3.05) is 0 Å². The van der Waals surface area contributed by atoms with Crippen molar-refractivity contribution in [1.82, 2.24) is 0 Å². The summed E-state index contributed by atoms with van der Waals surface area (Å²) in [7, 11) is 0. The quantitative estimate of drug-likeness (QED) is 0.522. The third kappa shape index (κ3) is 3.06. The fourth-order valence-electron chi connectivity index (χ4n) is 0.972. The van der Waals surface area contributed by atoms with Crippen molar-refractivity contribution in [3.63, 3.8) is 0 Å². The van der Waals surface area contributed by atoms with Gasteiger partial charge in [-0.05, 0) is 31.2 Å². The average Bonchev–Trinajstić information content (AvgIpc) is 2.17. The maximum absolute atomic E-state index is 3.07. The van der Waals surface area contributed by atoms with E-state index in [1.165, 1.54) is 0 Å². The molecular weight excluding hydrogens is 156 g/mol. The van der Waals surface area contributed by atoms with E-state index in [9.17, 15) is 0 Å². The van der Waals surface area contributed by atoms with Gasteiger partial charge in [-0.3, -0.25) is 0 Å². The lowest BCUT2D eigenvalue weighted by molar-refractivity contribution is 1.28. The molecule has 0 nitrogen and oxygen atoms in total. The maximum Gasteiger partial charge on any atom is 0.0246 e. The normalized spacial score (nSPS) is 7.85. The van der Waals surface area contributed by atoms with E-state index in [4.69, 9.17) is 0 Å². The minimum atomic E-state index is 0.899. The van der Waals surface area contributed by atoms with Crippen molar-refractivity contribution in [2.45, 2.75) is 20.3 Å². The molecule has 0 radical (unpaired) electrons. The van der Waals surface area contributed by atoms with E-state index >= 15 is 0 Å². The molecule has 1 aromatic rings. The van der Waals surface area contributed by atoms with E-state index < -0.39 is 0 Å². The van der Waals surface area contributed by atoms with Crippen molar-refractivity contribution in [1.29, 1.82) is 0 Å². The van der Waals surface area contributed by atoms with Crippen molar-refractivity contribution in [2.24, 2.45) is 0 Å². The molecule has 0 saturated heterocycles. The van der Waals surface area contributed by atoms with Crippen molar-refractivity contribution >= 4 is 0 Å². The Morgan fingerprint density at radius 1 is 1.00 bits per heavy atom. The van der Waals surface area contributed by atoms with Crippen LogP contribution in [-0.4, -0.2) is 0 Å². The molecule has 0 aliphatic heterocycles. The van der Waals surface area contributed by atoms with Crippen LogP contribution in [0.3, 0.4) is 0 Å². The summed E-state index contributed by atoms with van der Waals surface area (Å²) in [5.74, 6) is 11.9. The summed E-state index contributed by atoms with van der Waals surface area (Å²) in [5, 5.41) is 0. The van der Waals surface area contributed by atoms with Gasteiger partial charge in [0.25, 0.3) is 0 Å². The Hall–Kier alpha value is -1.66. The molecule has 64 valence electrons. The Morgan fingerprint density at radius 3 is 2.00 bits per heavy atom. The minimum absolute atomic E-state index is 0.899. The largest absolute Gasteiger partial charge is 0.101 e. The molecule has 0 unspecified atom stereocenters. The topological polar surface area (TPSA) is 0 Å². The molecule has 13 heavy (non-hydrogen) atoms. The molecule has 0 saturated carbocycles. The summed E-state index contributed by atoms with van der Waals surface area (Å²) in [5.41, 5.74) is 2.10. The van der Waals surface area contributed by atoms with Crippen molar-refractivity contribution in [3.8, 4) is 23.7 Å². The summed E-state index contributed by atoms with van der Waals surface area (Å²) in [6, 6.07) is 8.00. The first kappa shape index (κ1) is 9.43. The second-order valence-corrected chi connectivity index (χ2v) is 2.61. The van der Waals surface area contributed by atoms with Crippen LogP contribution >= 0.6 is 0 Å². The van der Waals surface area contributed by atoms with Gasteiger partial charge in [-0.25, -0.2) is 0 Å². The zero-order valence-electron chi connectivity index (χ0n) is 8.02. The zero-order chi connectivity index (χ0) is 9.52. The van der Waals surface area contributed by atoms with E-state index in [0.717, 1.165) is 17.5 Å². The van der Waals surface area contributed by atoms with E-state index in [-0.39, 0.29) is 0 Å². The van der Waals surface area contributed by atoms with Gasteiger partial charge in [0.05, 0.1) is 0 Å². The van der Waals surface area contributed by atoms with Gasteiger partial charge in [-0.15, -0.1) is 5.92 Å². The molecule has 0 bridgehead atoms. The van der Waals surface area contributed by atoms with Crippen LogP contribution in [0.4, 0.5) is 0 Å². The third-order valence-electron chi connectivity index (χ3n) is 1.56. The molecule has 0 N–H and O–H groups in total. The lowest BCUT2D eigenvalue weighted by Crippen LogP contribution is -1.76. The van der Waals surface area contributed by atoms with Crippen molar-refractivity contribution < 1.29 is 0 Å². The average molecular weight is 168 g/mol. The first-order valence-electron chi connectivity index (χ1n) is 4.38. The highest BCUT2D eigenvalue weighted by atomic mass is 13.9. The standard InChI is InChI=1S/C13H12/c1-3-5-7-13-10-8-12(6-4-2)9-11-13/h8-11H,3H2,1-2H3. The second-order valence-electron chi connectivity index (χ2n) is 2.61. The van der Waals surface area contributed by atoms with Crippen LogP contribution in [0.2, 0.25) is 0 Å². The van der Waals surface area contributed by atoms with Crippen molar-refractivity contribution in [3.05, 3.63) is 35.4 Å². The zero-order valence-corrected chi connectivity index (χ0v) is 8.02. The number of benzene rings is 1. The van der Waals surface area contributed by atoms with Crippen LogP contribution < -0.4 is 0 Å². The molecule has 0 aliphatic carbocycles. The van der Waals surface area contributed by atoms with Gasteiger partial charge >= 0.3 is 0 Å².